The van der Waals surface area contributed by atoms with Crippen LogP contribution in [0.25, 0.3) is 0 Å². The van der Waals surface area contributed by atoms with E-state index in [-0.39, 0.29) is 11.6 Å². The number of nitrogens with two attached hydrogens (primary N) is 1. The van der Waals surface area contributed by atoms with Gasteiger partial charge in [0.25, 0.3) is 5.91 Å². The number of anilines is 1. The number of nitrogens with zero attached hydrogens (tertiary/aromatic N) is 5. The van der Waals surface area contributed by atoms with Crippen LogP contribution in [0.5, 0.6) is 0 Å². The number of H-pyrrole nitrogens is 1. The number of carbonyl (C=O) groups excluding carboxylic acids is 1. The van der Waals surface area contributed by atoms with E-state index in [1.54, 1.807) is 6.92 Å². The molecule has 0 radical (unpaired) electrons. The molecular formula is C11H17N9O. The Morgan fingerprint density at radius 2 is 2.10 bits per heavy atom. The topological polar surface area (TPSA) is 147 Å². The van der Waals surface area contributed by atoms with Gasteiger partial charge in [0, 0.05) is 5.92 Å². The fraction of sp³-hybridized carbons (Fsp3) is 0.455. The summed E-state index contributed by atoms with van der Waals surface area (Å²) in [5.41, 5.74) is 2.93. The van der Waals surface area contributed by atoms with Gasteiger partial charge in [-0.15, -0.1) is 10.2 Å². The van der Waals surface area contributed by atoms with Crippen LogP contribution in [0, 0.1) is 0 Å². The van der Waals surface area contributed by atoms with Crippen molar-refractivity contribution in [3.8, 4) is 0 Å². The van der Waals surface area contributed by atoms with Crippen molar-refractivity contribution in [2.45, 2.75) is 32.7 Å². The van der Waals surface area contributed by atoms with Gasteiger partial charge < -0.3 is 10.7 Å². The monoisotopic (exact) mass is 291 g/mol. The average Bonchev–Trinajstić information content (AvgIpc) is 3.00. The van der Waals surface area contributed by atoms with E-state index in [0.29, 0.717) is 17.3 Å². The Bertz CT molecular complexity index is 610. The minimum absolute atomic E-state index is 0.0954. The minimum Gasteiger partial charge on any atom is -0.341 e. The second-order valence-corrected chi connectivity index (χ2v) is 4.75. The molecule has 112 valence electrons. The summed E-state index contributed by atoms with van der Waals surface area (Å²) in [6, 6.07) is -0.417. The van der Waals surface area contributed by atoms with Crippen LogP contribution in [0.15, 0.2) is 6.20 Å². The molecule has 0 spiro atoms. The first-order chi connectivity index (χ1) is 10.0. The smallest absolute Gasteiger partial charge is 0.272 e. The van der Waals surface area contributed by atoms with Gasteiger partial charge in [-0.3, -0.25) is 10.6 Å². The summed E-state index contributed by atoms with van der Waals surface area (Å²) in [7, 11) is 0. The molecule has 0 bridgehead atoms. The minimum atomic E-state index is -0.417. The number of hydrazine groups is 1. The highest BCUT2D eigenvalue weighted by Crippen LogP contribution is 2.16. The maximum Gasteiger partial charge on any atom is 0.272 e. The normalized spacial score (nSPS) is 12.2. The van der Waals surface area contributed by atoms with Crippen molar-refractivity contribution >= 4 is 11.6 Å². The van der Waals surface area contributed by atoms with Crippen molar-refractivity contribution < 1.29 is 4.79 Å². The molecule has 1 unspecified atom stereocenters. The van der Waals surface area contributed by atoms with E-state index in [9.17, 15) is 4.79 Å². The molecule has 1 amide bonds. The van der Waals surface area contributed by atoms with Crippen molar-refractivity contribution in [1.29, 1.82) is 0 Å². The Kier molecular flexibility index (Phi) is 4.38. The van der Waals surface area contributed by atoms with E-state index < -0.39 is 11.9 Å². The lowest BCUT2D eigenvalue weighted by Crippen LogP contribution is -2.30. The van der Waals surface area contributed by atoms with E-state index in [1.807, 2.05) is 13.8 Å². The quantitative estimate of drug-likeness (QED) is 0.440. The number of aromatic amines is 1. The van der Waals surface area contributed by atoms with Gasteiger partial charge in [0.05, 0.1) is 17.9 Å². The lowest BCUT2D eigenvalue weighted by Gasteiger charge is -2.13. The third-order valence-electron chi connectivity index (χ3n) is 2.79. The number of amides is 1. The Labute approximate surface area is 120 Å². The Hall–Kier alpha value is -2.62. The van der Waals surface area contributed by atoms with Crippen LogP contribution >= 0.6 is 0 Å². The van der Waals surface area contributed by atoms with E-state index in [2.05, 4.69) is 41.3 Å². The lowest BCUT2D eigenvalue weighted by atomic mass is 10.2. The molecule has 1 atom stereocenters. The van der Waals surface area contributed by atoms with Crippen LogP contribution in [-0.2, 0) is 0 Å². The van der Waals surface area contributed by atoms with Gasteiger partial charge in [-0.1, -0.05) is 19.1 Å². The molecule has 2 heterocycles. The molecule has 10 heteroatoms. The maximum absolute atomic E-state index is 12.3. The van der Waals surface area contributed by atoms with E-state index in [4.69, 9.17) is 5.84 Å². The number of rotatable bonds is 5. The van der Waals surface area contributed by atoms with Crippen molar-refractivity contribution in [2.24, 2.45) is 5.84 Å². The van der Waals surface area contributed by atoms with Crippen molar-refractivity contribution in [3.05, 3.63) is 23.5 Å². The van der Waals surface area contributed by atoms with Crippen LogP contribution in [0.3, 0.4) is 0 Å². The Balaban J connectivity index is 2.23. The van der Waals surface area contributed by atoms with Crippen molar-refractivity contribution in [2.75, 3.05) is 5.43 Å². The summed E-state index contributed by atoms with van der Waals surface area (Å²) in [5, 5.41) is 16.1. The molecule has 0 aromatic carbocycles. The van der Waals surface area contributed by atoms with E-state index >= 15 is 0 Å². The first-order valence-electron chi connectivity index (χ1n) is 6.40. The number of nitrogen functional groups attached to an aromatic ring is 1. The van der Waals surface area contributed by atoms with Crippen molar-refractivity contribution in [3.63, 3.8) is 0 Å². The number of nitrogens with one attached hydrogen (secondary N) is 3. The van der Waals surface area contributed by atoms with Gasteiger partial charge in [0.15, 0.2) is 11.5 Å². The predicted octanol–water partition coefficient (Wildman–Crippen LogP) is -0.110. The fourth-order valence-electron chi connectivity index (χ4n) is 1.63. The summed E-state index contributed by atoms with van der Waals surface area (Å²) in [4.78, 5) is 20.7. The number of carbonyl (C=O) groups is 1. The summed E-state index contributed by atoms with van der Waals surface area (Å²) in [5.74, 6) is 6.03. The van der Waals surface area contributed by atoms with Gasteiger partial charge in [-0.2, -0.15) is 5.21 Å². The van der Waals surface area contributed by atoms with Gasteiger partial charge in [-0.05, 0) is 6.92 Å². The van der Waals surface area contributed by atoms with Crippen molar-refractivity contribution in [1.82, 2.24) is 35.9 Å². The highest BCUT2D eigenvalue weighted by atomic mass is 16.2. The molecule has 0 aliphatic heterocycles. The molecule has 0 aliphatic rings. The Morgan fingerprint density at radius 1 is 1.33 bits per heavy atom. The summed E-state index contributed by atoms with van der Waals surface area (Å²) in [6.45, 7) is 5.62. The molecule has 2 aromatic heterocycles. The molecule has 0 saturated carbocycles. The Morgan fingerprint density at radius 3 is 2.67 bits per heavy atom. The third kappa shape index (κ3) is 3.28. The summed E-state index contributed by atoms with van der Waals surface area (Å²) >= 11 is 0. The van der Waals surface area contributed by atoms with E-state index in [0.717, 1.165) is 0 Å². The molecule has 0 saturated heterocycles. The maximum atomic E-state index is 12.3. The van der Waals surface area contributed by atoms with Crippen LogP contribution in [0.1, 0.15) is 54.9 Å². The SMILES string of the molecule is CC(C)c1ncc(NN)c(C(=O)NC(C)c2nn[nH]n2)n1. The third-order valence-corrected chi connectivity index (χ3v) is 2.79. The van der Waals surface area contributed by atoms with Crippen LogP contribution < -0.4 is 16.6 Å². The molecule has 21 heavy (non-hydrogen) atoms. The molecule has 5 N–H and O–H groups in total. The van der Waals surface area contributed by atoms with Gasteiger partial charge >= 0.3 is 0 Å². The first-order valence-corrected chi connectivity index (χ1v) is 6.40. The fourth-order valence-corrected chi connectivity index (χ4v) is 1.63. The zero-order valence-electron chi connectivity index (χ0n) is 12.0. The number of hydrogen-bond acceptors (Lipinski definition) is 8. The van der Waals surface area contributed by atoms with Crippen LogP contribution in [0.4, 0.5) is 5.69 Å². The molecule has 2 aromatic rings. The van der Waals surface area contributed by atoms with Gasteiger partial charge in [0.2, 0.25) is 0 Å². The molecule has 10 nitrogen and oxygen atoms in total. The molecule has 2 rings (SSSR count). The second kappa shape index (κ2) is 6.22. The number of tetrazole rings is 1. The van der Waals surface area contributed by atoms with Crippen LogP contribution in [-0.4, -0.2) is 36.5 Å². The highest BCUT2D eigenvalue weighted by Gasteiger charge is 2.20. The summed E-state index contributed by atoms with van der Waals surface area (Å²) in [6.07, 6.45) is 1.48. The standard InChI is InChI=1S/C11H17N9O/c1-5(2)9-13-4-7(16-12)8(15-9)11(21)14-6(3)10-17-19-20-18-10/h4-6,16H,12H2,1-3H3,(H,14,21)(H,17,18,19,20). The highest BCUT2D eigenvalue weighted by molar-refractivity contribution is 5.97. The first kappa shape index (κ1) is 14.8. The molecular weight excluding hydrogens is 274 g/mol. The number of aromatic nitrogens is 6. The molecule has 0 aliphatic carbocycles. The summed E-state index contributed by atoms with van der Waals surface area (Å²) < 4.78 is 0. The molecule has 0 fully saturated rings. The lowest BCUT2D eigenvalue weighted by molar-refractivity contribution is 0.0933. The number of hydrogen-bond donors (Lipinski definition) is 4. The zero-order valence-corrected chi connectivity index (χ0v) is 12.0. The zero-order chi connectivity index (χ0) is 15.4. The average molecular weight is 291 g/mol. The van der Waals surface area contributed by atoms with Gasteiger partial charge in [-0.25, -0.2) is 9.97 Å². The van der Waals surface area contributed by atoms with Gasteiger partial charge in [0.1, 0.15) is 5.82 Å². The largest absolute Gasteiger partial charge is 0.341 e. The predicted molar refractivity (Wildman–Crippen MR) is 74.0 cm³/mol. The van der Waals surface area contributed by atoms with Crippen LogP contribution in [0.2, 0.25) is 0 Å². The van der Waals surface area contributed by atoms with E-state index in [1.165, 1.54) is 6.20 Å². The second-order valence-electron chi connectivity index (χ2n) is 4.75.